The maximum absolute atomic E-state index is 12.3. The minimum atomic E-state index is -0.0317. The average molecular weight is 358 g/mol. The smallest absolute Gasteiger partial charge is 0.258 e. The van der Waals surface area contributed by atoms with Gasteiger partial charge in [0.25, 0.3) is 5.56 Å². The Bertz CT molecular complexity index is 873. The molecule has 0 N–H and O–H groups in total. The van der Waals surface area contributed by atoms with Crippen LogP contribution >= 0.6 is 11.3 Å². The van der Waals surface area contributed by atoms with Crippen molar-refractivity contribution in [2.75, 3.05) is 26.2 Å². The highest BCUT2D eigenvalue weighted by molar-refractivity contribution is 7.15. The van der Waals surface area contributed by atoms with Crippen LogP contribution in [-0.4, -0.2) is 51.3 Å². The first-order chi connectivity index (χ1) is 12.1. The predicted molar refractivity (Wildman–Crippen MR) is 97.7 cm³/mol. The number of amides is 1. The quantitative estimate of drug-likeness (QED) is 0.782. The van der Waals surface area contributed by atoms with Gasteiger partial charge in [-0.2, -0.15) is 0 Å². The van der Waals surface area contributed by atoms with Crippen molar-refractivity contribution in [2.45, 2.75) is 26.3 Å². The van der Waals surface area contributed by atoms with Gasteiger partial charge in [-0.25, -0.2) is 4.98 Å². The molecule has 1 saturated heterocycles. The number of fused-ring (bicyclic) bond motifs is 1. The highest BCUT2D eigenvalue weighted by Crippen LogP contribution is 2.36. The van der Waals surface area contributed by atoms with Crippen molar-refractivity contribution in [2.24, 2.45) is 5.92 Å². The number of allylic oxidation sites excluding steroid dienone is 1. The van der Waals surface area contributed by atoms with E-state index >= 15 is 0 Å². The van der Waals surface area contributed by atoms with Crippen molar-refractivity contribution in [1.29, 1.82) is 0 Å². The zero-order valence-corrected chi connectivity index (χ0v) is 15.2. The van der Waals surface area contributed by atoms with E-state index in [-0.39, 0.29) is 11.5 Å². The fraction of sp³-hybridized carbons (Fsp3) is 0.500. The molecule has 0 aromatic carbocycles. The molecule has 132 valence electrons. The van der Waals surface area contributed by atoms with Crippen molar-refractivity contribution in [3.05, 3.63) is 45.3 Å². The lowest BCUT2D eigenvalue weighted by molar-refractivity contribution is -0.127. The number of aromatic nitrogens is 2. The fourth-order valence-electron chi connectivity index (χ4n) is 3.27. The topological polar surface area (TPSA) is 57.9 Å². The first-order valence-corrected chi connectivity index (χ1v) is 9.63. The fourth-order valence-corrected chi connectivity index (χ4v) is 4.01. The van der Waals surface area contributed by atoms with Crippen LogP contribution in [0.4, 0.5) is 0 Å². The summed E-state index contributed by atoms with van der Waals surface area (Å²) in [7, 11) is 0. The normalized spacial score (nSPS) is 19.6. The third-order valence-electron chi connectivity index (χ3n) is 5.00. The molecule has 0 atom stereocenters. The standard InChI is InChI=1S/C18H22N4O2S/c1-13(14-2-3-14)10-16(23)21-6-4-20(5-7-21)12-15-11-17(24)22-8-9-25-18(22)19-15/h8-11,14H,2-7,12H2,1H3/b13-10-. The van der Waals surface area contributed by atoms with E-state index in [2.05, 4.69) is 16.8 Å². The molecule has 4 rings (SSSR count). The monoisotopic (exact) mass is 358 g/mol. The molecule has 7 heteroatoms. The second kappa shape index (κ2) is 6.72. The van der Waals surface area contributed by atoms with Gasteiger partial charge in [0.15, 0.2) is 4.96 Å². The average Bonchev–Trinajstić information content (AvgIpc) is 3.34. The van der Waals surface area contributed by atoms with Crippen LogP contribution in [0.5, 0.6) is 0 Å². The SMILES string of the molecule is C/C(=C/C(=O)N1CCN(Cc2cc(=O)n3ccsc3n2)CC1)C1CC1. The van der Waals surface area contributed by atoms with Gasteiger partial charge in [-0.05, 0) is 25.7 Å². The summed E-state index contributed by atoms with van der Waals surface area (Å²) in [6.07, 6.45) is 6.02. The molecule has 2 aromatic heterocycles. The summed E-state index contributed by atoms with van der Waals surface area (Å²) >= 11 is 1.47. The van der Waals surface area contributed by atoms with Crippen molar-refractivity contribution >= 4 is 22.2 Å². The van der Waals surface area contributed by atoms with Gasteiger partial charge in [0.2, 0.25) is 5.91 Å². The van der Waals surface area contributed by atoms with Gasteiger partial charge in [0.1, 0.15) is 0 Å². The predicted octanol–water partition coefficient (Wildman–Crippen LogP) is 1.76. The van der Waals surface area contributed by atoms with Crippen LogP contribution in [0.15, 0.2) is 34.1 Å². The molecule has 1 amide bonds. The highest BCUT2D eigenvalue weighted by atomic mass is 32.1. The van der Waals surface area contributed by atoms with E-state index in [1.807, 2.05) is 16.4 Å². The first-order valence-electron chi connectivity index (χ1n) is 8.75. The lowest BCUT2D eigenvalue weighted by Crippen LogP contribution is -2.48. The molecular formula is C18H22N4O2S. The molecule has 0 unspecified atom stereocenters. The van der Waals surface area contributed by atoms with Crippen LogP contribution in [0.2, 0.25) is 0 Å². The number of piperazine rings is 1. The minimum Gasteiger partial charge on any atom is -0.337 e. The summed E-state index contributed by atoms with van der Waals surface area (Å²) in [6, 6.07) is 1.61. The maximum atomic E-state index is 12.3. The zero-order valence-electron chi connectivity index (χ0n) is 14.4. The summed E-state index contributed by atoms with van der Waals surface area (Å²) in [5.41, 5.74) is 1.99. The molecule has 2 aromatic rings. The Hall–Kier alpha value is -1.99. The molecule has 1 aliphatic carbocycles. The number of carbonyl (C=O) groups is 1. The van der Waals surface area contributed by atoms with Gasteiger partial charge >= 0.3 is 0 Å². The molecule has 25 heavy (non-hydrogen) atoms. The van der Waals surface area contributed by atoms with E-state index in [0.717, 1.165) is 36.8 Å². The molecular weight excluding hydrogens is 336 g/mol. The Morgan fingerprint density at radius 3 is 2.80 bits per heavy atom. The maximum Gasteiger partial charge on any atom is 0.258 e. The third-order valence-corrected chi connectivity index (χ3v) is 5.75. The molecule has 6 nitrogen and oxygen atoms in total. The van der Waals surface area contributed by atoms with Gasteiger partial charge in [-0.3, -0.25) is 18.9 Å². The molecule has 0 spiro atoms. The van der Waals surface area contributed by atoms with E-state index in [1.54, 1.807) is 16.7 Å². The van der Waals surface area contributed by atoms with E-state index < -0.39 is 0 Å². The Morgan fingerprint density at radius 1 is 1.32 bits per heavy atom. The number of hydrogen-bond donors (Lipinski definition) is 0. The Balaban J connectivity index is 1.36. The van der Waals surface area contributed by atoms with E-state index in [4.69, 9.17) is 0 Å². The van der Waals surface area contributed by atoms with E-state index in [9.17, 15) is 9.59 Å². The zero-order chi connectivity index (χ0) is 17.4. The summed E-state index contributed by atoms with van der Waals surface area (Å²) in [5.74, 6) is 0.781. The van der Waals surface area contributed by atoms with Crippen LogP contribution in [-0.2, 0) is 11.3 Å². The summed E-state index contributed by atoms with van der Waals surface area (Å²) in [6.45, 7) is 5.81. The van der Waals surface area contributed by atoms with Gasteiger partial charge in [-0.15, -0.1) is 11.3 Å². The lowest BCUT2D eigenvalue weighted by atomic mass is 10.1. The van der Waals surface area contributed by atoms with Crippen LogP contribution in [0, 0.1) is 5.92 Å². The van der Waals surface area contributed by atoms with E-state index in [0.29, 0.717) is 12.5 Å². The molecule has 0 radical (unpaired) electrons. The van der Waals surface area contributed by atoms with Gasteiger partial charge in [-0.1, -0.05) is 5.57 Å². The van der Waals surface area contributed by atoms with Gasteiger partial charge in [0.05, 0.1) is 5.69 Å². The number of rotatable bonds is 4. The van der Waals surface area contributed by atoms with Crippen LogP contribution in [0.1, 0.15) is 25.5 Å². The van der Waals surface area contributed by atoms with Crippen LogP contribution in [0.3, 0.4) is 0 Å². The van der Waals surface area contributed by atoms with Crippen molar-refractivity contribution in [3.63, 3.8) is 0 Å². The number of hydrogen-bond acceptors (Lipinski definition) is 5. The molecule has 0 bridgehead atoms. The summed E-state index contributed by atoms with van der Waals surface area (Å²) in [5, 5.41) is 1.87. The molecule has 2 fully saturated rings. The second-order valence-electron chi connectivity index (χ2n) is 6.91. The van der Waals surface area contributed by atoms with Crippen molar-refractivity contribution in [1.82, 2.24) is 19.2 Å². The molecule has 1 saturated carbocycles. The van der Waals surface area contributed by atoms with Crippen LogP contribution in [0.25, 0.3) is 4.96 Å². The second-order valence-corrected chi connectivity index (χ2v) is 7.78. The molecule has 3 heterocycles. The van der Waals surface area contributed by atoms with E-state index in [1.165, 1.54) is 29.8 Å². The Labute approximate surface area is 150 Å². The lowest BCUT2D eigenvalue weighted by Gasteiger charge is -2.34. The summed E-state index contributed by atoms with van der Waals surface area (Å²) in [4.78, 5) is 33.9. The van der Waals surface area contributed by atoms with Gasteiger partial charge in [0, 0.05) is 56.4 Å². The molecule has 1 aliphatic heterocycles. The first kappa shape index (κ1) is 16.5. The Morgan fingerprint density at radius 2 is 2.08 bits per heavy atom. The number of thiazole rings is 1. The van der Waals surface area contributed by atoms with Crippen molar-refractivity contribution < 1.29 is 4.79 Å². The van der Waals surface area contributed by atoms with Crippen molar-refractivity contribution in [3.8, 4) is 0 Å². The number of nitrogens with zero attached hydrogens (tertiary/aromatic N) is 4. The Kier molecular flexibility index (Phi) is 4.43. The minimum absolute atomic E-state index is 0.0317. The largest absolute Gasteiger partial charge is 0.337 e. The molecule has 2 aliphatic rings. The third kappa shape index (κ3) is 3.67. The summed E-state index contributed by atoms with van der Waals surface area (Å²) < 4.78 is 1.57. The highest BCUT2D eigenvalue weighted by Gasteiger charge is 2.25. The van der Waals surface area contributed by atoms with Gasteiger partial charge < -0.3 is 4.90 Å². The van der Waals surface area contributed by atoms with Crippen LogP contribution < -0.4 is 5.56 Å². The number of carbonyl (C=O) groups excluding carboxylic acids is 1.